The molecule has 1 N–H and O–H groups in total. The van der Waals surface area contributed by atoms with Crippen molar-refractivity contribution in [2.24, 2.45) is 7.05 Å². The van der Waals surface area contributed by atoms with Crippen LogP contribution in [0.3, 0.4) is 0 Å². The Morgan fingerprint density at radius 1 is 1.46 bits per heavy atom. The first-order valence-corrected chi connectivity index (χ1v) is 4.47. The molecular formula is C10H13N3. The summed E-state index contributed by atoms with van der Waals surface area (Å²) in [5.74, 6) is 0. The van der Waals surface area contributed by atoms with E-state index in [9.17, 15) is 0 Å². The lowest BCUT2D eigenvalue weighted by atomic mass is 10.2. The maximum Gasteiger partial charge on any atom is 0.0699 e. The number of nitrogens with one attached hydrogen (secondary N) is 1. The minimum atomic E-state index is 0.948. The fourth-order valence-corrected chi connectivity index (χ4v) is 1.46. The molecule has 0 bridgehead atoms. The standard InChI is InChI=1S/C10H13N3/c1-3-11-9-5-4-8-7-12-13(2)10(8)6-9/h4-7,11H,3H2,1-2H3. The summed E-state index contributed by atoms with van der Waals surface area (Å²) in [6, 6.07) is 6.28. The molecule has 2 aromatic rings. The number of hydrogen-bond donors (Lipinski definition) is 1. The third-order valence-electron chi connectivity index (χ3n) is 2.13. The Morgan fingerprint density at radius 3 is 3.08 bits per heavy atom. The van der Waals surface area contributed by atoms with E-state index in [0.717, 1.165) is 12.2 Å². The molecule has 0 radical (unpaired) electrons. The molecule has 0 atom stereocenters. The number of aryl methyl sites for hydroxylation is 1. The lowest BCUT2D eigenvalue weighted by molar-refractivity contribution is 0.797. The Hall–Kier alpha value is -1.51. The molecular weight excluding hydrogens is 162 g/mol. The molecule has 3 nitrogen and oxygen atoms in total. The Balaban J connectivity index is 2.53. The summed E-state index contributed by atoms with van der Waals surface area (Å²) in [5.41, 5.74) is 2.32. The zero-order valence-corrected chi connectivity index (χ0v) is 7.91. The van der Waals surface area contributed by atoms with Crippen LogP contribution in [-0.2, 0) is 7.05 Å². The number of benzene rings is 1. The largest absolute Gasteiger partial charge is 0.385 e. The van der Waals surface area contributed by atoms with Gasteiger partial charge in [0.15, 0.2) is 0 Å². The predicted molar refractivity (Wildman–Crippen MR) is 54.9 cm³/mol. The molecule has 3 heteroatoms. The quantitative estimate of drug-likeness (QED) is 0.756. The van der Waals surface area contributed by atoms with Crippen molar-refractivity contribution in [3.8, 4) is 0 Å². The highest BCUT2D eigenvalue weighted by Crippen LogP contribution is 2.17. The Labute approximate surface area is 77.4 Å². The molecule has 1 aromatic heterocycles. The average molecular weight is 175 g/mol. The first-order chi connectivity index (χ1) is 6.31. The summed E-state index contributed by atoms with van der Waals surface area (Å²) in [7, 11) is 1.96. The second kappa shape index (κ2) is 3.09. The van der Waals surface area contributed by atoms with Gasteiger partial charge in [-0.2, -0.15) is 5.10 Å². The van der Waals surface area contributed by atoms with Gasteiger partial charge in [0.05, 0.1) is 11.7 Å². The van der Waals surface area contributed by atoms with Crippen molar-refractivity contribution in [2.75, 3.05) is 11.9 Å². The van der Waals surface area contributed by atoms with E-state index in [0.29, 0.717) is 0 Å². The second-order valence-electron chi connectivity index (χ2n) is 3.07. The zero-order valence-electron chi connectivity index (χ0n) is 7.91. The molecule has 68 valence electrons. The molecule has 0 aliphatic heterocycles. The minimum absolute atomic E-state index is 0.948. The summed E-state index contributed by atoms with van der Waals surface area (Å²) in [6.45, 7) is 3.04. The van der Waals surface area contributed by atoms with E-state index in [1.807, 2.05) is 17.9 Å². The Bertz CT molecular complexity index is 417. The van der Waals surface area contributed by atoms with Crippen molar-refractivity contribution < 1.29 is 0 Å². The summed E-state index contributed by atoms with van der Waals surface area (Å²) in [6.07, 6.45) is 1.88. The monoisotopic (exact) mass is 175 g/mol. The first kappa shape index (κ1) is 8.10. The van der Waals surface area contributed by atoms with Crippen LogP contribution in [-0.4, -0.2) is 16.3 Å². The van der Waals surface area contributed by atoms with Crippen molar-refractivity contribution in [3.63, 3.8) is 0 Å². The summed E-state index contributed by atoms with van der Waals surface area (Å²) >= 11 is 0. The number of fused-ring (bicyclic) bond motifs is 1. The van der Waals surface area contributed by atoms with Crippen molar-refractivity contribution in [2.45, 2.75) is 6.92 Å². The molecule has 0 amide bonds. The van der Waals surface area contributed by atoms with Crippen molar-refractivity contribution >= 4 is 16.6 Å². The van der Waals surface area contributed by atoms with Crippen LogP contribution in [0.4, 0.5) is 5.69 Å². The molecule has 0 unspecified atom stereocenters. The third kappa shape index (κ3) is 1.37. The number of hydrogen-bond acceptors (Lipinski definition) is 2. The van der Waals surface area contributed by atoms with Crippen LogP contribution in [0, 0.1) is 0 Å². The maximum absolute atomic E-state index is 4.19. The highest BCUT2D eigenvalue weighted by Gasteiger charge is 1.99. The first-order valence-electron chi connectivity index (χ1n) is 4.47. The van der Waals surface area contributed by atoms with Gasteiger partial charge in [0, 0.05) is 24.7 Å². The average Bonchev–Trinajstić information content (AvgIpc) is 2.49. The van der Waals surface area contributed by atoms with Crippen LogP contribution in [0.5, 0.6) is 0 Å². The van der Waals surface area contributed by atoms with Gasteiger partial charge in [0.2, 0.25) is 0 Å². The molecule has 0 saturated heterocycles. The van der Waals surface area contributed by atoms with Gasteiger partial charge in [0.25, 0.3) is 0 Å². The second-order valence-corrected chi connectivity index (χ2v) is 3.07. The number of rotatable bonds is 2. The van der Waals surface area contributed by atoms with Crippen LogP contribution >= 0.6 is 0 Å². The maximum atomic E-state index is 4.19. The topological polar surface area (TPSA) is 29.9 Å². The lowest BCUT2D eigenvalue weighted by Crippen LogP contribution is -1.96. The molecule has 0 aliphatic rings. The van der Waals surface area contributed by atoms with E-state index < -0.39 is 0 Å². The van der Waals surface area contributed by atoms with E-state index in [-0.39, 0.29) is 0 Å². The number of anilines is 1. The molecule has 0 aliphatic carbocycles. The van der Waals surface area contributed by atoms with Crippen LogP contribution < -0.4 is 5.32 Å². The zero-order chi connectivity index (χ0) is 9.26. The van der Waals surface area contributed by atoms with Gasteiger partial charge in [-0.1, -0.05) is 0 Å². The van der Waals surface area contributed by atoms with Crippen LogP contribution in [0.2, 0.25) is 0 Å². The van der Waals surface area contributed by atoms with E-state index in [4.69, 9.17) is 0 Å². The summed E-state index contributed by atoms with van der Waals surface area (Å²) in [4.78, 5) is 0. The summed E-state index contributed by atoms with van der Waals surface area (Å²) < 4.78 is 1.89. The van der Waals surface area contributed by atoms with Crippen molar-refractivity contribution in [1.82, 2.24) is 9.78 Å². The lowest BCUT2D eigenvalue weighted by Gasteiger charge is -2.02. The third-order valence-corrected chi connectivity index (χ3v) is 2.13. The normalized spacial score (nSPS) is 10.6. The van der Waals surface area contributed by atoms with Gasteiger partial charge < -0.3 is 5.32 Å². The van der Waals surface area contributed by atoms with Crippen LogP contribution in [0.15, 0.2) is 24.4 Å². The molecule has 0 fully saturated rings. The van der Waals surface area contributed by atoms with Gasteiger partial charge in [-0.3, -0.25) is 4.68 Å². The fourth-order valence-electron chi connectivity index (χ4n) is 1.46. The minimum Gasteiger partial charge on any atom is -0.385 e. The van der Waals surface area contributed by atoms with Gasteiger partial charge in [-0.25, -0.2) is 0 Å². The van der Waals surface area contributed by atoms with Crippen LogP contribution in [0.25, 0.3) is 10.9 Å². The van der Waals surface area contributed by atoms with Crippen molar-refractivity contribution in [1.29, 1.82) is 0 Å². The van der Waals surface area contributed by atoms with Crippen LogP contribution in [0.1, 0.15) is 6.92 Å². The Kier molecular flexibility index (Phi) is 1.93. The van der Waals surface area contributed by atoms with Gasteiger partial charge >= 0.3 is 0 Å². The molecule has 1 heterocycles. The fraction of sp³-hybridized carbons (Fsp3) is 0.300. The molecule has 1 aromatic carbocycles. The van der Waals surface area contributed by atoms with E-state index in [1.54, 1.807) is 0 Å². The van der Waals surface area contributed by atoms with Gasteiger partial charge in [0.1, 0.15) is 0 Å². The van der Waals surface area contributed by atoms with Gasteiger partial charge in [-0.05, 0) is 25.1 Å². The Morgan fingerprint density at radius 2 is 2.31 bits per heavy atom. The van der Waals surface area contributed by atoms with E-state index in [1.165, 1.54) is 10.9 Å². The highest BCUT2D eigenvalue weighted by molar-refractivity contribution is 5.82. The predicted octanol–water partition coefficient (Wildman–Crippen LogP) is 2.01. The highest BCUT2D eigenvalue weighted by atomic mass is 15.2. The number of aromatic nitrogens is 2. The van der Waals surface area contributed by atoms with Crippen molar-refractivity contribution in [3.05, 3.63) is 24.4 Å². The van der Waals surface area contributed by atoms with E-state index >= 15 is 0 Å². The molecule has 0 saturated carbocycles. The van der Waals surface area contributed by atoms with E-state index in [2.05, 4.69) is 35.5 Å². The number of nitrogens with zero attached hydrogens (tertiary/aromatic N) is 2. The molecule has 13 heavy (non-hydrogen) atoms. The smallest absolute Gasteiger partial charge is 0.0699 e. The summed E-state index contributed by atoms with van der Waals surface area (Å²) in [5, 5.41) is 8.65. The molecule has 0 spiro atoms. The molecule has 2 rings (SSSR count). The SMILES string of the molecule is CCNc1ccc2cnn(C)c2c1. The van der Waals surface area contributed by atoms with Gasteiger partial charge in [-0.15, -0.1) is 0 Å².